The van der Waals surface area contributed by atoms with Gasteiger partial charge in [0.1, 0.15) is 0 Å². The molecule has 2 aliphatic carbocycles. The molecule has 10 heavy (non-hydrogen) atoms. The first kappa shape index (κ1) is 6.66. The average Bonchev–Trinajstić information content (AvgIpc) is 2.60. The van der Waals surface area contributed by atoms with Crippen LogP contribution in [0.25, 0.3) is 0 Å². The predicted molar refractivity (Wildman–Crippen MR) is 42.9 cm³/mol. The van der Waals surface area contributed by atoms with Gasteiger partial charge in [-0.1, -0.05) is 6.92 Å². The van der Waals surface area contributed by atoms with E-state index >= 15 is 0 Å². The van der Waals surface area contributed by atoms with Crippen molar-refractivity contribution in [2.75, 3.05) is 6.54 Å². The minimum Gasteiger partial charge on any atom is -0.314 e. The van der Waals surface area contributed by atoms with Crippen LogP contribution in [0, 0.1) is 11.8 Å². The molecule has 1 nitrogen and oxygen atoms in total. The maximum Gasteiger partial charge on any atom is 0.00683 e. The summed E-state index contributed by atoms with van der Waals surface area (Å²) in [7, 11) is 0. The Morgan fingerprint density at radius 2 is 2.00 bits per heavy atom. The summed E-state index contributed by atoms with van der Waals surface area (Å²) >= 11 is 0. The fourth-order valence-corrected chi connectivity index (χ4v) is 1.86. The molecule has 0 heterocycles. The van der Waals surface area contributed by atoms with Crippen molar-refractivity contribution in [1.82, 2.24) is 5.32 Å². The standard InChI is InChI=1S/C9H17N/c1-7-4-8(5-7)6-10-9-2-3-9/h7-10H,2-6H2,1H3. The predicted octanol–water partition coefficient (Wildman–Crippen LogP) is 1.78. The van der Waals surface area contributed by atoms with Crippen molar-refractivity contribution in [3.05, 3.63) is 0 Å². The molecule has 2 aliphatic rings. The van der Waals surface area contributed by atoms with E-state index in [9.17, 15) is 0 Å². The van der Waals surface area contributed by atoms with E-state index in [0.29, 0.717) is 0 Å². The molecule has 1 heteroatoms. The molecule has 2 fully saturated rings. The van der Waals surface area contributed by atoms with Crippen molar-refractivity contribution < 1.29 is 0 Å². The topological polar surface area (TPSA) is 12.0 Å². The zero-order valence-corrected chi connectivity index (χ0v) is 6.77. The fourth-order valence-electron chi connectivity index (χ4n) is 1.86. The second-order valence-corrected chi connectivity index (χ2v) is 4.13. The first-order valence-electron chi connectivity index (χ1n) is 4.58. The van der Waals surface area contributed by atoms with Crippen LogP contribution in [0.5, 0.6) is 0 Å². The summed E-state index contributed by atoms with van der Waals surface area (Å²) in [5.41, 5.74) is 0. The van der Waals surface area contributed by atoms with Crippen molar-refractivity contribution in [3.63, 3.8) is 0 Å². The van der Waals surface area contributed by atoms with Gasteiger partial charge in [0.25, 0.3) is 0 Å². The summed E-state index contributed by atoms with van der Waals surface area (Å²) < 4.78 is 0. The summed E-state index contributed by atoms with van der Waals surface area (Å²) in [6, 6.07) is 0.913. The Labute approximate surface area is 63.2 Å². The van der Waals surface area contributed by atoms with E-state index < -0.39 is 0 Å². The number of hydrogen-bond acceptors (Lipinski definition) is 1. The highest BCUT2D eigenvalue weighted by Gasteiger charge is 2.27. The van der Waals surface area contributed by atoms with Crippen molar-refractivity contribution in [3.8, 4) is 0 Å². The lowest BCUT2D eigenvalue weighted by Crippen LogP contribution is -2.32. The normalized spacial score (nSPS) is 39.3. The Kier molecular flexibility index (Phi) is 1.69. The summed E-state index contributed by atoms with van der Waals surface area (Å²) in [6.45, 7) is 3.66. The molecule has 58 valence electrons. The molecule has 0 spiro atoms. The lowest BCUT2D eigenvalue weighted by atomic mass is 9.76. The van der Waals surface area contributed by atoms with Crippen LogP contribution in [0.3, 0.4) is 0 Å². The first-order valence-corrected chi connectivity index (χ1v) is 4.58. The molecule has 0 radical (unpaired) electrons. The third-order valence-electron chi connectivity index (χ3n) is 2.74. The van der Waals surface area contributed by atoms with E-state index in [1.165, 1.54) is 32.2 Å². The monoisotopic (exact) mass is 139 g/mol. The zero-order chi connectivity index (χ0) is 6.97. The van der Waals surface area contributed by atoms with Crippen molar-refractivity contribution in [1.29, 1.82) is 0 Å². The zero-order valence-electron chi connectivity index (χ0n) is 6.77. The van der Waals surface area contributed by atoms with Gasteiger partial charge in [0.15, 0.2) is 0 Å². The molecule has 2 rings (SSSR count). The molecule has 0 aliphatic heterocycles. The van der Waals surface area contributed by atoms with E-state index in [4.69, 9.17) is 0 Å². The summed E-state index contributed by atoms with van der Waals surface area (Å²) in [4.78, 5) is 0. The maximum atomic E-state index is 3.58. The van der Waals surface area contributed by atoms with Gasteiger partial charge in [-0.25, -0.2) is 0 Å². The summed E-state index contributed by atoms with van der Waals surface area (Å²) in [5.74, 6) is 2.04. The van der Waals surface area contributed by atoms with Gasteiger partial charge < -0.3 is 5.32 Å². The van der Waals surface area contributed by atoms with Crippen molar-refractivity contribution in [2.45, 2.75) is 38.6 Å². The molecule has 0 aromatic carbocycles. The van der Waals surface area contributed by atoms with Crippen LogP contribution in [0.1, 0.15) is 32.6 Å². The second kappa shape index (κ2) is 2.54. The van der Waals surface area contributed by atoms with Crippen LogP contribution in [-0.2, 0) is 0 Å². The highest BCUT2D eigenvalue weighted by atomic mass is 14.9. The maximum absolute atomic E-state index is 3.58. The minimum absolute atomic E-state index is 0.913. The third-order valence-corrected chi connectivity index (χ3v) is 2.74. The SMILES string of the molecule is CC1CC(CNC2CC2)C1. The van der Waals surface area contributed by atoms with Gasteiger partial charge in [-0.05, 0) is 44.1 Å². The number of hydrogen-bond donors (Lipinski definition) is 1. The molecule has 0 aromatic heterocycles. The fraction of sp³-hybridized carbons (Fsp3) is 1.00. The van der Waals surface area contributed by atoms with Gasteiger partial charge in [-0.15, -0.1) is 0 Å². The van der Waals surface area contributed by atoms with Gasteiger partial charge >= 0.3 is 0 Å². The first-order chi connectivity index (χ1) is 4.84. The molecule has 2 saturated carbocycles. The number of nitrogens with one attached hydrogen (secondary N) is 1. The van der Waals surface area contributed by atoms with Crippen LogP contribution < -0.4 is 5.32 Å². The van der Waals surface area contributed by atoms with Crippen LogP contribution in [-0.4, -0.2) is 12.6 Å². The Balaban J connectivity index is 1.54. The van der Waals surface area contributed by atoms with Crippen LogP contribution in [0.2, 0.25) is 0 Å². The van der Waals surface area contributed by atoms with Crippen LogP contribution >= 0.6 is 0 Å². The van der Waals surface area contributed by atoms with Crippen LogP contribution in [0.15, 0.2) is 0 Å². The average molecular weight is 139 g/mol. The highest BCUT2D eigenvalue weighted by molar-refractivity contribution is 4.84. The summed E-state index contributed by atoms with van der Waals surface area (Å²) in [6.07, 6.45) is 5.81. The molecular weight excluding hydrogens is 122 g/mol. The molecule has 0 saturated heterocycles. The molecule has 0 atom stereocenters. The molecule has 0 aromatic rings. The van der Waals surface area contributed by atoms with Gasteiger partial charge in [-0.2, -0.15) is 0 Å². The van der Waals surface area contributed by atoms with Gasteiger partial charge in [0.2, 0.25) is 0 Å². The van der Waals surface area contributed by atoms with Crippen molar-refractivity contribution >= 4 is 0 Å². The highest BCUT2D eigenvalue weighted by Crippen LogP contribution is 2.33. The largest absolute Gasteiger partial charge is 0.314 e. The molecule has 0 amide bonds. The second-order valence-electron chi connectivity index (χ2n) is 4.13. The lowest BCUT2D eigenvalue weighted by molar-refractivity contribution is 0.206. The van der Waals surface area contributed by atoms with E-state index in [1.807, 2.05) is 0 Å². The molecular formula is C9H17N. The Morgan fingerprint density at radius 3 is 2.50 bits per heavy atom. The summed E-state index contributed by atoms with van der Waals surface area (Å²) in [5, 5.41) is 3.58. The molecule has 0 unspecified atom stereocenters. The Hall–Kier alpha value is -0.0400. The quantitative estimate of drug-likeness (QED) is 0.628. The number of rotatable bonds is 3. The Bertz CT molecular complexity index is 112. The van der Waals surface area contributed by atoms with E-state index in [0.717, 1.165) is 17.9 Å². The van der Waals surface area contributed by atoms with Gasteiger partial charge in [0.05, 0.1) is 0 Å². The minimum atomic E-state index is 0.913. The molecule has 1 N–H and O–H groups in total. The van der Waals surface area contributed by atoms with Crippen LogP contribution in [0.4, 0.5) is 0 Å². The van der Waals surface area contributed by atoms with E-state index in [-0.39, 0.29) is 0 Å². The van der Waals surface area contributed by atoms with E-state index in [2.05, 4.69) is 12.2 Å². The van der Waals surface area contributed by atoms with Gasteiger partial charge in [-0.3, -0.25) is 0 Å². The third kappa shape index (κ3) is 1.51. The van der Waals surface area contributed by atoms with Gasteiger partial charge in [0, 0.05) is 6.04 Å². The van der Waals surface area contributed by atoms with E-state index in [1.54, 1.807) is 0 Å². The Morgan fingerprint density at radius 1 is 1.30 bits per heavy atom. The lowest BCUT2D eigenvalue weighted by Gasteiger charge is -2.32. The van der Waals surface area contributed by atoms with Crippen molar-refractivity contribution in [2.24, 2.45) is 11.8 Å². The smallest absolute Gasteiger partial charge is 0.00683 e. The molecule has 0 bridgehead atoms.